The lowest BCUT2D eigenvalue weighted by molar-refractivity contribution is 0.263. The van der Waals surface area contributed by atoms with Crippen LogP contribution in [0, 0.1) is 0 Å². The number of aromatic nitrogens is 6. The zero-order valence-corrected chi connectivity index (χ0v) is 28.8. The maximum absolute atomic E-state index is 6.71. The molecular formula is C32H46N8O4Si. The van der Waals surface area contributed by atoms with E-state index in [4.69, 9.17) is 33.7 Å². The van der Waals surface area contributed by atoms with Crippen LogP contribution in [0.3, 0.4) is 0 Å². The van der Waals surface area contributed by atoms with Gasteiger partial charge in [-0.2, -0.15) is 15.1 Å². The van der Waals surface area contributed by atoms with E-state index in [0.717, 1.165) is 54.8 Å². The van der Waals surface area contributed by atoms with Gasteiger partial charge < -0.3 is 33.4 Å². The van der Waals surface area contributed by atoms with Gasteiger partial charge in [-0.05, 0) is 50.2 Å². The Morgan fingerprint density at radius 2 is 1.71 bits per heavy atom. The van der Waals surface area contributed by atoms with Crippen LogP contribution in [0.4, 0.5) is 17.6 Å². The second kappa shape index (κ2) is 12.2. The Labute approximate surface area is 266 Å². The third-order valence-corrected chi connectivity index (χ3v) is 14.2. The molecule has 0 radical (unpaired) electrons. The summed E-state index contributed by atoms with van der Waals surface area (Å²) in [6, 6.07) is 4.37. The van der Waals surface area contributed by atoms with E-state index in [1.165, 1.54) is 6.42 Å². The second-order valence-corrected chi connectivity index (χ2v) is 18.3. The quantitative estimate of drug-likeness (QED) is 0.184. The van der Waals surface area contributed by atoms with Gasteiger partial charge in [0.15, 0.2) is 31.3 Å². The normalized spacial score (nSPS) is 17.5. The Morgan fingerprint density at radius 3 is 2.33 bits per heavy atom. The standard InChI is InChI=1S/C32H46N8O4Si/c1-32(2,3)45(7,8)44-19-22-13-10-14-39(22)29-24-17-34-40(21-11-9-12-21)30(24)37-31(36-29)35-27-18-38(20-33-27)23-15-25(41-4)28(43-6)26(16-23)42-5/h15-18,20-22H,9-14,19H2,1-8H3,(H,35,36,37). The predicted molar refractivity (Wildman–Crippen MR) is 178 cm³/mol. The van der Waals surface area contributed by atoms with Crippen molar-refractivity contribution in [3.05, 3.63) is 30.9 Å². The molecule has 13 heteroatoms. The van der Waals surface area contributed by atoms with Crippen LogP contribution in [0.15, 0.2) is 30.9 Å². The van der Waals surface area contributed by atoms with E-state index in [1.54, 1.807) is 27.7 Å². The molecule has 1 aliphatic carbocycles. The van der Waals surface area contributed by atoms with Gasteiger partial charge >= 0.3 is 0 Å². The van der Waals surface area contributed by atoms with E-state index in [1.807, 2.05) is 29.1 Å². The van der Waals surface area contributed by atoms with Crippen LogP contribution in [-0.4, -0.2) is 78.1 Å². The molecule has 6 rings (SSSR count). The average molecular weight is 635 g/mol. The molecule has 0 amide bonds. The van der Waals surface area contributed by atoms with Crippen molar-refractivity contribution in [1.82, 2.24) is 29.3 Å². The molecule has 1 saturated carbocycles. The highest BCUT2D eigenvalue weighted by molar-refractivity contribution is 6.74. The monoisotopic (exact) mass is 634 g/mol. The molecule has 2 aliphatic rings. The summed E-state index contributed by atoms with van der Waals surface area (Å²) in [7, 11) is 2.90. The van der Waals surface area contributed by atoms with Crippen molar-refractivity contribution in [1.29, 1.82) is 0 Å². The number of nitrogens with zero attached hydrogens (tertiary/aromatic N) is 7. The van der Waals surface area contributed by atoms with Crippen LogP contribution in [0.25, 0.3) is 16.7 Å². The summed E-state index contributed by atoms with van der Waals surface area (Å²) in [5, 5.41) is 9.33. The molecule has 1 N–H and O–H groups in total. The summed E-state index contributed by atoms with van der Waals surface area (Å²) in [6.07, 6.45) is 11.2. The number of imidazole rings is 1. The summed E-state index contributed by atoms with van der Waals surface area (Å²) in [5.41, 5.74) is 1.67. The van der Waals surface area contributed by atoms with E-state index >= 15 is 0 Å². The number of rotatable bonds is 11. The molecule has 242 valence electrons. The lowest BCUT2D eigenvalue weighted by Gasteiger charge is -2.38. The molecule has 1 atom stereocenters. The third-order valence-electron chi connectivity index (χ3n) is 9.72. The fraction of sp³-hybridized carbons (Fsp3) is 0.562. The van der Waals surface area contributed by atoms with Crippen molar-refractivity contribution >= 4 is 36.9 Å². The molecule has 1 saturated heterocycles. The average Bonchev–Trinajstić information content (AvgIpc) is 3.74. The topological polar surface area (TPSA) is 114 Å². The molecule has 4 heterocycles. The summed E-state index contributed by atoms with van der Waals surface area (Å²) in [6.45, 7) is 13.1. The molecule has 0 bridgehead atoms. The van der Waals surface area contributed by atoms with Gasteiger partial charge in [-0.15, -0.1) is 0 Å². The van der Waals surface area contributed by atoms with Gasteiger partial charge in [0.25, 0.3) is 0 Å². The highest BCUT2D eigenvalue weighted by Gasteiger charge is 2.39. The molecule has 45 heavy (non-hydrogen) atoms. The minimum absolute atomic E-state index is 0.158. The van der Waals surface area contributed by atoms with Gasteiger partial charge in [0.05, 0.1) is 63.5 Å². The van der Waals surface area contributed by atoms with Gasteiger partial charge in [-0.3, -0.25) is 0 Å². The number of benzene rings is 1. The number of nitrogens with one attached hydrogen (secondary N) is 1. The minimum atomic E-state index is -1.89. The molecule has 4 aromatic rings. The highest BCUT2D eigenvalue weighted by Crippen LogP contribution is 2.41. The number of fused-ring (bicyclic) bond motifs is 1. The van der Waals surface area contributed by atoms with E-state index in [0.29, 0.717) is 41.7 Å². The van der Waals surface area contributed by atoms with Crippen LogP contribution in [0.1, 0.15) is 58.9 Å². The molecule has 1 unspecified atom stereocenters. The molecule has 12 nitrogen and oxygen atoms in total. The van der Waals surface area contributed by atoms with Crippen LogP contribution in [0.2, 0.25) is 18.1 Å². The van der Waals surface area contributed by atoms with Gasteiger partial charge in [-0.25, -0.2) is 9.67 Å². The minimum Gasteiger partial charge on any atom is -0.493 e. The van der Waals surface area contributed by atoms with Crippen molar-refractivity contribution in [2.24, 2.45) is 0 Å². The fourth-order valence-corrected chi connectivity index (χ4v) is 6.79. The Hall–Kier alpha value is -3.84. The van der Waals surface area contributed by atoms with E-state index in [9.17, 15) is 0 Å². The first kappa shape index (κ1) is 31.2. The lowest BCUT2D eigenvalue weighted by atomic mass is 9.93. The summed E-state index contributed by atoms with van der Waals surface area (Å²) < 4.78 is 27.3. The lowest BCUT2D eigenvalue weighted by Crippen LogP contribution is -2.45. The Kier molecular flexibility index (Phi) is 8.42. The van der Waals surface area contributed by atoms with Crippen LogP contribution >= 0.6 is 0 Å². The number of methoxy groups -OCH3 is 3. The summed E-state index contributed by atoms with van der Waals surface area (Å²) in [4.78, 5) is 17.1. The number of hydrogen-bond donors (Lipinski definition) is 1. The van der Waals surface area contributed by atoms with Gasteiger partial charge in [0.1, 0.15) is 12.1 Å². The summed E-state index contributed by atoms with van der Waals surface area (Å²) >= 11 is 0. The van der Waals surface area contributed by atoms with Gasteiger partial charge in [-0.1, -0.05) is 20.8 Å². The predicted octanol–water partition coefficient (Wildman–Crippen LogP) is 6.50. The molecule has 0 spiro atoms. The Morgan fingerprint density at radius 1 is 0.978 bits per heavy atom. The third kappa shape index (κ3) is 5.95. The molecular weight excluding hydrogens is 588 g/mol. The van der Waals surface area contributed by atoms with Gasteiger partial charge in [0, 0.05) is 18.7 Å². The van der Waals surface area contributed by atoms with Crippen LogP contribution in [0.5, 0.6) is 17.2 Å². The van der Waals surface area contributed by atoms with Crippen molar-refractivity contribution in [3.8, 4) is 22.9 Å². The first-order chi connectivity index (χ1) is 21.5. The molecule has 3 aromatic heterocycles. The smallest absolute Gasteiger partial charge is 0.232 e. The number of anilines is 3. The highest BCUT2D eigenvalue weighted by atomic mass is 28.4. The summed E-state index contributed by atoms with van der Waals surface area (Å²) in [5.74, 6) is 3.67. The zero-order chi connectivity index (χ0) is 31.9. The van der Waals surface area contributed by atoms with E-state index < -0.39 is 8.32 Å². The largest absolute Gasteiger partial charge is 0.493 e. The van der Waals surface area contributed by atoms with Gasteiger partial charge in [0.2, 0.25) is 11.7 Å². The molecule has 1 aliphatic heterocycles. The van der Waals surface area contributed by atoms with Crippen molar-refractivity contribution in [2.45, 2.75) is 83.1 Å². The Balaban J connectivity index is 1.32. The maximum Gasteiger partial charge on any atom is 0.232 e. The van der Waals surface area contributed by atoms with Crippen molar-refractivity contribution in [2.75, 3.05) is 44.7 Å². The first-order valence-electron chi connectivity index (χ1n) is 15.8. The van der Waals surface area contributed by atoms with Crippen molar-refractivity contribution < 1.29 is 18.6 Å². The fourth-order valence-electron chi connectivity index (χ4n) is 5.75. The zero-order valence-electron chi connectivity index (χ0n) is 27.8. The number of ether oxygens (including phenoxy) is 3. The Bertz CT molecular complexity index is 1630. The molecule has 2 fully saturated rings. The molecule has 1 aromatic carbocycles. The van der Waals surface area contributed by atoms with Crippen molar-refractivity contribution in [3.63, 3.8) is 0 Å². The second-order valence-electron chi connectivity index (χ2n) is 13.5. The first-order valence-corrected chi connectivity index (χ1v) is 18.7. The SMILES string of the molecule is COc1cc(-n2cnc(Nc3nc(N4CCCC4CO[Si](C)(C)C(C)(C)C)c4cnn(C5CCC5)c4n3)c2)cc(OC)c1OC. The van der Waals surface area contributed by atoms with Crippen LogP contribution in [-0.2, 0) is 4.43 Å². The van der Waals surface area contributed by atoms with E-state index in [2.05, 4.69) is 53.7 Å². The van der Waals surface area contributed by atoms with Crippen LogP contribution < -0.4 is 24.4 Å². The number of hydrogen-bond acceptors (Lipinski definition) is 10. The van der Waals surface area contributed by atoms with E-state index in [-0.39, 0.29) is 11.1 Å². The maximum atomic E-state index is 6.71.